The molecule has 110 valence electrons. The molecule has 0 aromatic rings. The minimum absolute atomic E-state index is 0.0700. The van der Waals surface area contributed by atoms with Crippen molar-refractivity contribution in [1.29, 1.82) is 0 Å². The van der Waals surface area contributed by atoms with Crippen LogP contribution in [0.15, 0.2) is 0 Å². The highest BCUT2D eigenvalue weighted by Gasteiger charge is 2.31. The average Bonchev–Trinajstić information content (AvgIpc) is 2.38. The van der Waals surface area contributed by atoms with E-state index < -0.39 is 5.97 Å². The molecule has 2 atom stereocenters. The molecule has 0 aromatic carbocycles. The number of rotatable bonds is 7. The Morgan fingerprint density at radius 3 is 2.95 bits per heavy atom. The Labute approximate surface area is 117 Å². The Morgan fingerprint density at radius 1 is 1.58 bits per heavy atom. The number of nitrogens with one attached hydrogen (secondary N) is 1. The summed E-state index contributed by atoms with van der Waals surface area (Å²) in [6.07, 6.45) is 0.0860. The topological polar surface area (TPSA) is 78.9 Å². The summed E-state index contributed by atoms with van der Waals surface area (Å²) in [4.78, 5) is 24.8. The Bertz CT molecular complexity index is 314. The number of methoxy groups -OCH3 is 1. The van der Waals surface area contributed by atoms with Gasteiger partial charge >= 0.3 is 5.97 Å². The number of carbonyl (C=O) groups excluding carboxylic acids is 1. The van der Waals surface area contributed by atoms with Crippen molar-refractivity contribution in [3.63, 3.8) is 0 Å². The lowest BCUT2D eigenvalue weighted by Gasteiger charge is -2.38. The van der Waals surface area contributed by atoms with Gasteiger partial charge in [-0.2, -0.15) is 11.8 Å². The van der Waals surface area contributed by atoms with E-state index in [0.29, 0.717) is 13.2 Å². The monoisotopic (exact) mass is 290 g/mol. The second-order valence-corrected chi connectivity index (χ2v) is 5.67. The minimum atomic E-state index is -0.815. The molecule has 1 aliphatic heterocycles. The standard InChI is InChI=1S/C12H22N2O4S/c1-9(12(17)13-3-5-18-2)14-4-6-19-8-10(14)7-11(15)16/h9-10H,3-8H2,1-2H3,(H,13,17)(H,15,16). The van der Waals surface area contributed by atoms with E-state index in [2.05, 4.69) is 5.32 Å². The maximum atomic E-state index is 12.0. The van der Waals surface area contributed by atoms with Crippen LogP contribution in [0.2, 0.25) is 0 Å². The van der Waals surface area contributed by atoms with E-state index in [1.807, 2.05) is 11.8 Å². The molecule has 2 N–H and O–H groups in total. The second-order valence-electron chi connectivity index (χ2n) is 4.52. The van der Waals surface area contributed by atoms with Gasteiger partial charge < -0.3 is 15.2 Å². The summed E-state index contributed by atoms with van der Waals surface area (Å²) in [6.45, 7) is 3.53. The van der Waals surface area contributed by atoms with Crippen molar-refractivity contribution in [3.8, 4) is 0 Å². The van der Waals surface area contributed by atoms with Gasteiger partial charge in [0.25, 0.3) is 0 Å². The van der Waals surface area contributed by atoms with Crippen molar-refractivity contribution in [2.24, 2.45) is 0 Å². The van der Waals surface area contributed by atoms with Gasteiger partial charge in [-0.1, -0.05) is 0 Å². The quantitative estimate of drug-likeness (QED) is 0.644. The first-order chi connectivity index (χ1) is 9.06. The molecule has 6 nitrogen and oxygen atoms in total. The fourth-order valence-electron chi connectivity index (χ4n) is 2.13. The van der Waals surface area contributed by atoms with Crippen molar-refractivity contribution >= 4 is 23.6 Å². The van der Waals surface area contributed by atoms with Gasteiger partial charge in [-0.25, -0.2) is 0 Å². The molecule has 0 aliphatic carbocycles. The molecule has 0 aromatic heterocycles. The van der Waals surface area contributed by atoms with Crippen LogP contribution in [0, 0.1) is 0 Å². The summed E-state index contributed by atoms with van der Waals surface area (Å²) < 4.78 is 4.88. The average molecular weight is 290 g/mol. The van der Waals surface area contributed by atoms with Crippen molar-refractivity contribution in [2.75, 3.05) is 38.3 Å². The summed E-state index contributed by atoms with van der Waals surface area (Å²) in [5.41, 5.74) is 0. The number of carboxylic acids is 1. The highest BCUT2D eigenvalue weighted by molar-refractivity contribution is 7.99. The van der Waals surface area contributed by atoms with E-state index in [9.17, 15) is 9.59 Å². The molecule has 1 fully saturated rings. The zero-order valence-corrected chi connectivity index (χ0v) is 12.2. The van der Waals surface area contributed by atoms with Crippen molar-refractivity contribution in [3.05, 3.63) is 0 Å². The fraction of sp³-hybridized carbons (Fsp3) is 0.833. The zero-order valence-electron chi connectivity index (χ0n) is 11.4. The predicted molar refractivity (Wildman–Crippen MR) is 74.4 cm³/mol. The number of carbonyl (C=O) groups is 2. The maximum Gasteiger partial charge on any atom is 0.304 e. The highest BCUT2D eigenvalue weighted by atomic mass is 32.2. The molecule has 1 rings (SSSR count). The van der Waals surface area contributed by atoms with Crippen molar-refractivity contribution in [2.45, 2.75) is 25.4 Å². The van der Waals surface area contributed by atoms with Gasteiger partial charge in [0.05, 0.1) is 19.1 Å². The predicted octanol–water partition coefficient (Wildman–Crippen LogP) is 0.0296. The lowest BCUT2D eigenvalue weighted by molar-refractivity contribution is -0.139. The number of nitrogens with zero attached hydrogens (tertiary/aromatic N) is 1. The molecule has 2 unspecified atom stereocenters. The van der Waals surface area contributed by atoms with E-state index in [1.165, 1.54) is 0 Å². The highest BCUT2D eigenvalue weighted by Crippen LogP contribution is 2.21. The van der Waals surface area contributed by atoms with Crippen molar-refractivity contribution < 1.29 is 19.4 Å². The van der Waals surface area contributed by atoms with E-state index in [0.717, 1.165) is 18.1 Å². The molecule has 0 spiro atoms. The van der Waals surface area contributed by atoms with Crippen LogP contribution in [0.25, 0.3) is 0 Å². The number of hydrogen-bond acceptors (Lipinski definition) is 5. The van der Waals surface area contributed by atoms with E-state index in [-0.39, 0.29) is 24.4 Å². The first kappa shape index (κ1) is 16.3. The van der Waals surface area contributed by atoms with Crippen LogP contribution >= 0.6 is 11.8 Å². The molecule has 0 bridgehead atoms. The van der Waals surface area contributed by atoms with Crippen molar-refractivity contribution in [1.82, 2.24) is 10.2 Å². The summed E-state index contributed by atoms with van der Waals surface area (Å²) in [6, 6.07) is -0.374. The number of hydrogen-bond donors (Lipinski definition) is 2. The number of amides is 1. The van der Waals surface area contributed by atoms with Gasteiger partial charge in [0.1, 0.15) is 0 Å². The van der Waals surface area contributed by atoms with Crippen LogP contribution in [0.3, 0.4) is 0 Å². The summed E-state index contributed by atoms with van der Waals surface area (Å²) >= 11 is 1.74. The van der Waals surface area contributed by atoms with Crippen LogP contribution in [0.5, 0.6) is 0 Å². The van der Waals surface area contributed by atoms with E-state index in [1.54, 1.807) is 18.9 Å². The van der Waals surface area contributed by atoms with E-state index in [4.69, 9.17) is 9.84 Å². The first-order valence-electron chi connectivity index (χ1n) is 6.38. The normalized spacial score (nSPS) is 21.9. The van der Waals surface area contributed by atoms with Gasteiger partial charge in [-0.05, 0) is 6.92 Å². The SMILES string of the molecule is COCCNC(=O)C(C)N1CCSCC1CC(=O)O. The van der Waals surface area contributed by atoms with Crippen LogP contribution in [-0.2, 0) is 14.3 Å². The van der Waals surface area contributed by atoms with Gasteiger partial charge in [0, 0.05) is 37.7 Å². The van der Waals surface area contributed by atoms with Gasteiger partial charge in [-0.3, -0.25) is 14.5 Å². The molecule has 1 amide bonds. The molecule has 19 heavy (non-hydrogen) atoms. The summed E-state index contributed by atoms with van der Waals surface area (Å²) in [5, 5.41) is 11.7. The number of ether oxygens (including phenoxy) is 1. The number of carboxylic acid groups (broad SMARTS) is 1. The van der Waals surface area contributed by atoms with Crippen LogP contribution in [0.4, 0.5) is 0 Å². The summed E-state index contributed by atoms with van der Waals surface area (Å²) in [5.74, 6) is 0.817. The van der Waals surface area contributed by atoms with Gasteiger partial charge in [0.15, 0.2) is 0 Å². The smallest absolute Gasteiger partial charge is 0.304 e. The third-order valence-electron chi connectivity index (χ3n) is 3.17. The Kier molecular flexibility index (Phi) is 7.19. The number of thioether (sulfide) groups is 1. The van der Waals surface area contributed by atoms with E-state index >= 15 is 0 Å². The molecule has 1 aliphatic rings. The largest absolute Gasteiger partial charge is 0.481 e. The lowest BCUT2D eigenvalue weighted by Crippen LogP contribution is -2.54. The molecule has 1 heterocycles. The van der Waals surface area contributed by atoms with Crippen LogP contribution in [-0.4, -0.2) is 72.3 Å². The fourth-order valence-corrected chi connectivity index (χ4v) is 3.22. The van der Waals surface area contributed by atoms with Gasteiger partial charge in [0.2, 0.25) is 5.91 Å². The minimum Gasteiger partial charge on any atom is -0.481 e. The molecular weight excluding hydrogens is 268 g/mol. The second kappa shape index (κ2) is 8.39. The Hall–Kier alpha value is -0.790. The Balaban J connectivity index is 2.53. The lowest BCUT2D eigenvalue weighted by atomic mass is 10.1. The third kappa shape index (κ3) is 5.38. The molecule has 1 saturated heterocycles. The summed E-state index contributed by atoms with van der Waals surface area (Å²) in [7, 11) is 1.58. The van der Waals surface area contributed by atoms with Crippen LogP contribution in [0.1, 0.15) is 13.3 Å². The molecular formula is C12H22N2O4S. The zero-order chi connectivity index (χ0) is 14.3. The van der Waals surface area contributed by atoms with Gasteiger partial charge in [-0.15, -0.1) is 0 Å². The van der Waals surface area contributed by atoms with Crippen LogP contribution < -0.4 is 5.32 Å². The number of aliphatic carboxylic acids is 1. The molecule has 7 heteroatoms. The third-order valence-corrected chi connectivity index (χ3v) is 4.26. The maximum absolute atomic E-state index is 12.0. The Morgan fingerprint density at radius 2 is 2.32 bits per heavy atom. The molecule has 0 radical (unpaired) electrons. The molecule has 0 saturated carbocycles. The first-order valence-corrected chi connectivity index (χ1v) is 7.53.